The predicted octanol–water partition coefficient (Wildman–Crippen LogP) is 7.45. The molecule has 0 N–H and O–H groups in total. The molecular formula is C38H49N5O5. The van der Waals surface area contributed by atoms with Gasteiger partial charge >= 0.3 is 18.1 Å². The molecule has 3 aliphatic rings. The molecule has 1 atom stereocenters. The topological polar surface area (TPSA) is 101 Å². The molecule has 10 heteroatoms. The molecular weight excluding hydrogens is 606 g/mol. The zero-order chi connectivity index (χ0) is 33.8. The van der Waals surface area contributed by atoms with Gasteiger partial charge < -0.3 is 23.8 Å². The molecule has 0 spiro atoms. The molecule has 48 heavy (non-hydrogen) atoms. The largest absolute Gasteiger partial charge is 0.465 e. The van der Waals surface area contributed by atoms with E-state index in [4.69, 9.17) is 19.0 Å². The molecule has 0 bridgehead atoms. The second-order valence-electron chi connectivity index (χ2n) is 14.3. The van der Waals surface area contributed by atoms with Gasteiger partial charge in [0.1, 0.15) is 5.60 Å². The molecule has 1 saturated carbocycles. The quantitative estimate of drug-likeness (QED) is 0.198. The van der Waals surface area contributed by atoms with Crippen molar-refractivity contribution in [2.24, 2.45) is 0 Å². The van der Waals surface area contributed by atoms with Crippen LogP contribution in [-0.2, 0) is 9.47 Å². The number of amides is 1. The summed E-state index contributed by atoms with van der Waals surface area (Å²) in [6.45, 7) is 11.6. The molecule has 2 aromatic carbocycles. The number of rotatable bonds is 6. The van der Waals surface area contributed by atoms with Crippen LogP contribution in [0.25, 0.3) is 28.1 Å². The van der Waals surface area contributed by atoms with Crippen molar-refractivity contribution in [3.05, 3.63) is 59.7 Å². The molecule has 1 aromatic heterocycles. The monoisotopic (exact) mass is 655 g/mol. The van der Waals surface area contributed by atoms with E-state index in [1.807, 2.05) is 69.3 Å². The van der Waals surface area contributed by atoms with Gasteiger partial charge in [0.25, 0.3) is 0 Å². The first-order chi connectivity index (χ1) is 23.1. The highest BCUT2D eigenvalue weighted by Gasteiger charge is 2.32. The molecule has 2 fully saturated rings. The maximum atomic E-state index is 12.7. The van der Waals surface area contributed by atoms with Gasteiger partial charge in [-0.1, -0.05) is 67.2 Å². The summed E-state index contributed by atoms with van der Waals surface area (Å²) in [7, 11) is 1.39. The normalized spacial score (nSPS) is 19.9. The minimum absolute atomic E-state index is 0.337. The summed E-state index contributed by atoms with van der Waals surface area (Å²) in [6, 6.07) is 15.6. The number of methoxy groups -OCH3 is 1. The van der Waals surface area contributed by atoms with Crippen LogP contribution in [0.4, 0.5) is 10.8 Å². The smallest absolute Gasteiger partial charge is 0.410 e. The highest BCUT2D eigenvalue weighted by atomic mass is 16.6. The fraction of sp³-hybridized carbons (Fsp3) is 0.526. The number of piperazine rings is 1. The van der Waals surface area contributed by atoms with Crippen molar-refractivity contribution >= 4 is 23.7 Å². The first-order valence-corrected chi connectivity index (χ1v) is 17.4. The van der Waals surface area contributed by atoms with E-state index in [0.29, 0.717) is 49.0 Å². The Kier molecular flexibility index (Phi) is 10.2. The van der Waals surface area contributed by atoms with E-state index in [-0.39, 0.29) is 6.09 Å². The summed E-state index contributed by atoms with van der Waals surface area (Å²) >= 11 is 0. The number of esters is 1. The summed E-state index contributed by atoms with van der Waals surface area (Å²) < 4.78 is 16.4. The van der Waals surface area contributed by atoms with Crippen molar-refractivity contribution in [1.82, 2.24) is 19.9 Å². The summed E-state index contributed by atoms with van der Waals surface area (Å²) in [5, 5.41) is 4.33. The molecule has 2 aliphatic heterocycles. The molecule has 1 aliphatic carbocycles. The number of nitrogens with zero attached hydrogens (tertiary/aromatic N) is 5. The average Bonchev–Trinajstić information content (AvgIpc) is 3.43. The number of aromatic nitrogens is 2. The van der Waals surface area contributed by atoms with E-state index in [1.54, 1.807) is 4.90 Å². The van der Waals surface area contributed by atoms with E-state index in [9.17, 15) is 9.59 Å². The molecule has 6 rings (SSSR count). The number of carbonyl (C=O) groups is 2. The SMILES string of the molecule is COC(=O)c1ccc(-c2ccc(-c3noc(N4CCN(C5CCCCCC5)[C@@H](C)C4)n3)cc2)cc1C1=CCN(C(=O)OC(C)(C)C)CC1. The minimum atomic E-state index is -0.558. The third kappa shape index (κ3) is 7.75. The minimum Gasteiger partial charge on any atom is -0.465 e. The van der Waals surface area contributed by atoms with E-state index in [2.05, 4.69) is 21.9 Å². The molecule has 0 unspecified atom stereocenters. The molecule has 0 radical (unpaired) electrons. The lowest BCUT2D eigenvalue weighted by Crippen LogP contribution is -2.55. The lowest BCUT2D eigenvalue weighted by molar-refractivity contribution is 0.0270. The lowest BCUT2D eigenvalue weighted by Gasteiger charge is -2.43. The summed E-state index contributed by atoms with van der Waals surface area (Å²) in [5.74, 6) is 0.176. The molecule has 3 heterocycles. The van der Waals surface area contributed by atoms with Crippen LogP contribution >= 0.6 is 0 Å². The Morgan fingerprint density at radius 3 is 2.27 bits per heavy atom. The van der Waals surface area contributed by atoms with Crippen LogP contribution in [0.3, 0.4) is 0 Å². The van der Waals surface area contributed by atoms with Crippen molar-refractivity contribution in [1.29, 1.82) is 0 Å². The lowest BCUT2D eigenvalue weighted by atomic mass is 9.91. The first-order valence-electron chi connectivity index (χ1n) is 17.4. The Morgan fingerprint density at radius 1 is 0.917 bits per heavy atom. The van der Waals surface area contributed by atoms with E-state index >= 15 is 0 Å². The predicted molar refractivity (Wildman–Crippen MR) is 187 cm³/mol. The van der Waals surface area contributed by atoms with Gasteiger partial charge in [0.2, 0.25) is 5.82 Å². The number of hydrogen-bond acceptors (Lipinski definition) is 9. The Morgan fingerprint density at radius 2 is 1.62 bits per heavy atom. The second kappa shape index (κ2) is 14.5. The standard InChI is InChI=1S/C38H49N5O5/c1-26-25-42(22-23-43(26)31-10-8-6-7-9-11-31)36-39-34(40-48-36)29-14-12-27(13-15-29)30-16-17-32(35(44)46-5)33(24-30)28-18-20-41(21-19-28)37(45)47-38(2,3)4/h12-18,24,26,31H,6-11,19-23,25H2,1-5H3/t26-/m0/s1. The Labute approximate surface area is 284 Å². The van der Waals surface area contributed by atoms with Crippen LogP contribution in [0.5, 0.6) is 0 Å². The van der Waals surface area contributed by atoms with Gasteiger partial charge in [-0.05, 0) is 81.4 Å². The molecule has 256 valence electrons. The maximum Gasteiger partial charge on any atom is 0.410 e. The molecule has 1 saturated heterocycles. The van der Waals surface area contributed by atoms with Gasteiger partial charge in [-0.25, -0.2) is 9.59 Å². The number of carbonyl (C=O) groups excluding carboxylic acids is 2. The fourth-order valence-corrected chi connectivity index (χ4v) is 7.23. The Hall–Kier alpha value is -4.18. The van der Waals surface area contributed by atoms with E-state index in [1.165, 1.54) is 45.6 Å². The summed E-state index contributed by atoms with van der Waals surface area (Å²) in [5.41, 5.74) is 4.59. The fourth-order valence-electron chi connectivity index (χ4n) is 7.23. The van der Waals surface area contributed by atoms with Crippen LogP contribution in [-0.4, -0.2) is 89.5 Å². The summed E-state index contributed by atoms with van der Waals surface area (Å²) in [4.78, 5) is 36.7. The number of anilines is 1. The van der Waals surface area contributed by atoms with Gasteiger partial charge in [0.05, 0.1) is 12.7 Å². The first kappa shape index (κ1) is 33.7. The van der Waals surface area contributed by atoms with Crippen molar-refractivity contribution < 1.29 is 23.6 Å². The molecule has 3 aromatic rings. The highest BCUT2D eigenvalue weighted by Crippen LogP contribution is 2.33. The average molecular weight is 656 g/mol. The van der Waals surface area contributed by atoms with Crippen molar-refractivity contribution in [2.45, 2.75) is 90.3 Å². The van der Waals surface area contributed by atoms with Crippen molar-refractivity contribution in [3.8, 4) is 22.5 Å². The van der Waals surface area contributed by atoms with Crippen LogP contribution in [0, 0.1) is 0 Å². The zero-order valence-corrected chi connectivity index (χ0v) is 29.0. The van der Waals surface area contributed by atoms with E-state index < -0.39 is 11.6 Å². The second-order valence-corrected chi connectivity index (χ2v) is 14.3. The number of ether oxygens (including phenoxy) is 2. The molecule has 10 nitrogen and oxygen atoms in total. The van der Waals surface area contributed by atoms with Crippen LogP contribution < -0.4 is 4.90 Å². The van der Waals surface area contributed by atoms with Crippen LogP contribution in [0.2, 0.25) is 0 Å². The van der Waals surface area contributed by atoms with Crippen LogP contribution in [0.1, 0.15) is 88.6 Å². The van der Waals surface area contributed by atoms with Crippen LogP contribution in [0.15, 0.2) is 53.1 Å². The van der Waals surface area contributed by atoms with Gasteiger partial charge in [-0.3, -0.25) is 4.90 Å². The zero-order valence-electron chi connectivity index (χ0n) is 29.0. The van der Waals surface area contributed by atoms with E-state index in [0.717, 1.165) is 47.5 Å². The maximum absolute atomic E-state index is 12.7. The number of hydrogen-bond donors (Lipinski definition) is 0. The Bertz CT molecular complexity index is 1620. The Balaban J connectivity index is 1.15. The van der Waals surface area contributed by atoms with Gasteiger partial charge in [-0.15, -0.1) is 0 Å². The van der Waals surface area contributed by atoms with Gasteiger partial charge in [0, 0.05) is 50.4 Å². The number of benzene rings is 2. The van der Waals surface area contributed by atoms with Gasteiger partial charge in [-0.2, -0.15) is 4.98 Å². The van der Waals surface area contributed by atoms with Gasteiger partial charge in [0.15, 0.2) is 0 Å². The highest BCUT2D eigenvalue weighted by molar-refractivity contribution is 5.97. The molecule has 1 amide bonds. The third-order valence-electron chi connectivity index (χ3n) is 9.77. The third-order valence-corrected chi connectivity index (χ3v) is 9.77. The van der Waals surface area contributed by atoms with Crippen molar-refractivity contribution in [3.63, 3.8) is 0 Å². The summed E-state index contributed by atoms with van der Waals surface area (Å²) in [6.07, 6.45) is 10.3. The van der Waals surface area contributed by atoms with Crippen molar-refractivity contribution in [2.75, 3.05) is 44.7 Å².